The molecule has 1 aromatic rings. The second kappa shape index (κ2) is 8.75. The molecule has 1 aromatic heterocycles. The van der Waals surface area contributed by atoms with Gasteiger partial charge in [-0.05, 0) is 18.6 Å². The van der Waals surface area contributed by atoms with Crippen molar-refractivity contribution in [3.63, 3.8) is 0 Å². The number of nitrogens with one attached hydrogen (secondary N) is 2. The number of carbonyl (C=O) groups is 3. The van der Waals surface area contributed by atoms with E-state index in [1.54, 1.807) is 6.07 Å². The second-order valence-electron chi connectivity index (χ2n) is 4.31. The van der Waals surface area contributed by atoms with Gasteiger partial charge in [0.2, 0.25) is 5.91 Å². The van der Waals surface area contributed by atoms with Crippen molar-refractivity contribution in [2.24, 2.45) is 0 Å². The molecule has 21 heavy (non-hydrogen) atoms. The fraction of sp³-hybridized carbons (Fsp3) is 0.462. The molecule has 116 valence electrons. The summed E-state index contributed by atoms with van der Waals surface area (Å²) in [7, 11) is 0. The number of hydrogen-bond acceptors (Lipinski definition) is 5. The van der Waals surface area contributed by atoms with Gasteiger partial charge in [0.05, 0.1) is 6.26 Å². The van der Waals surface area contributed by atoms with Crippen molar-refractivity contribution in [3.8, 4) is 0 Å². The predicted octanol–water partition coefficient (Wildman–Crippen LogP) is -0.259. The third-order valence-corrected chi connectivity index (χ3v) is 2.66. The van der Waals surface area contributed by atoms with E-state index in [0.29, 0.717) is 6.42 Å². The number of carboxylic acids is 1. The molecule has 8 heteroatoms. The molecule has 0 aromatic carbocycles. The van der Waals surface area contributed by atoms with E-state index in [4.69, 9.17) is 14.6 Å². The molecule has 0 aliphatic rings. The fourth-order valence-corrected chi connectivity index (χ4v) is 1.60. The summed E-state index contributed by atoms with van der Waals surface area (Å²) in [5, 5.41) is 22.4. The summed E-state index contributed by atoms with van der Waals surface area (Å²) in [5.41, 5.74) is 0. The van der Waals surface area contributed by atoms with Gasteiger partial charge in [0.1, 0.15) is 6.04 Å². The van der Waals surface area contributed by atoms with E-state index in [-0.39, 0.29) is 37.7 Å². The third kappa shape index (κ3) is 6.09. The number of carboxylic acid groups (broad SMARTS) is 1. The highest BCUT2D eigenvalue weighted by Crippen LogP contribution is 1.99. The van der Waals surface area contributed by atoms with Crippen molar-refractivity contribution in [1.29, 1.82) is 0 Å². The Balaban J connectivity index is 2.21. The molecule has 1 heterocycles. The van der Waals surface area contributed by atoms with Crippen molar-refractivity contribution in [2.75, 3.05) is 13.2 Å². The van der Waals surface area contributed by atoms with Gasteiger partial charge in [0, 0.05) is 26.0 Å². The van der Waals surface area contributed by atoms with E-state index >= 15 is 0 Å². The summed E-state index contributed by atoms with van der Waals surface area (Å²) in [4.78, 5) is 33.8. The van der Waals surface area contributed by atoms with Gasteiger partial charge in [-0.3, -0.25) is 9.59 Å². The Hall–Kier alpha value is -2.35. The van der Waals surface area contributed by atoms with Gasteiger partial charge in [0.15, 0.2) is 5.76 Å². The fourth-order valence-electron chi connectivity index (χ4n) is 1.60. The van der Waals surface area contributed by atoms with E-state index in [1.165, 1.54) is 12.3 Å². The normalized spacial score (nSPS) is 11.7. The number of furan rings is 1. The average molecular weight is 298 g/mol. The lowest BCUT2D eigenvalue weighted by Gasteiger charge is -2.13. The molecule has 0 fully saturated rings. The molecule has 0 bridgehead atoms. The van der Waals surface area contributed by atoms with Crippen LogP contribution >= 0.6 is 0 Å². The van der Waals surface area contributed by atoms with Crippen LogP contribution in [0.5, 0.6) is 0 Å². The molecule has 0 saturated heterocycles. The molecular formula is C13H18N2O6. The molecule has 1 rings (SSSR count). The first-order valence-electron chi connectivity index (χ1n) is 6.49. The van der Waals surface area contributed by atoms with Crippen LogP contribution in [0.2, 0.25) is 0 Å². The highest BCUT2D eigenvalue weighted by molar-refractivity contribution is 5.91. The summed E-state index contributed by atoms with van der Waals surface area (Å²) in [6.45, 7) is -0.0544. The van der Waals surface area contributed by atoms with Gasteiger partial charge in [0.25, 0.3) is 5.91 Å². The van der Waals surface area contributed by atoms with Crippen LogP contribution in [0, 0.1) is 0 Å². The summed E-state index contributed by atoms with van der Waals surface area (Å²) in [5.74, 6) is -1.82. The Kier molecular flexibility index (Phi) is 6.96. The first-order chi connectivity index (χ1) is 10.0. The first-order valence-corrected chi connectivity index (χ1v) is 6.49. The van der Waals surface area contributed by atoms with Crippen molar-refractivity contribution in [1.82, 2.24) is 10.6 Å². The number of hydrogen-bond donors (Lipinski definition) is 4. The van der Waals surface area contributed by atoms with Crippen molar-refractivity contribution < 1.29 is 29.0 Å². The Morgan fingerprint density at radius 1 is 1.33 bits per heavy atom. The van der Waals surface area contributed by atoms with Crippen LogP contribution in [0.4, 0.5) is 0 Å². The molecular weight excluding hydrogens is 280 g/mol. The van der Waals surface area contributed by atoms with Crippen LogP contribution in [0.25, 0.3) is 0 Å². The Morgan fingerprint density at radius 3 is 2.67 bits per heavy atom. The van der Waals surface area contributed by atoms with Gasteiger partial charge >= 0.3 is 5.97 Å². The number of rotatable bonds is 9. The number of aliphatic hydroxyl groups is 1. The monoisotopic (exact) mass is 298 g/mol. The molecule has 0 aliphatic carbocycles. The van der Waals surface area contributed by atoms with Gasteiger partial charge in [-0.1, -0.05) is 0 Å². The zero-order valence-electron chi connectivity index (χ0n) is 11.4. The van der Waals surface area contributed by atoms with Gasteiger partial charge in [-0.15, -0.1) is 0 Å². The lowest BCUT2D eigenvalue weighted by atomic mass is 10.2. The van der Waals surface area contributed by atoms with Gasteiger partial charge in [-0.2, -0.15) is 0 Å². The Bertz CT molecular complexity index is 471. The molecule has 0 aliphatic heterocycles. The summed E-state index contributed by atoms with van der Waals surface area (Å²) in [6.07, 6.45) is 1.78. The molecule has 1 atom stereocenters. The predicted molar refractivity (Wildman–Crippen MR) is 71.5 cm³/mol. The smallest absolute Gasteiger partial charge is 0.326 e. The van der Waals surface area contributed by atoms with E-state index in [0.717, 1.165) is 0 Å². The van der Waals surface area contributed by atoms with E-state index in [2.05, 4.69) is 10.6 Å². The van der Waals surface area contributed by atoms with Gasteiger partial charge in [-0.25, -0.2) is 4.79 Å². The van der Waals surface area contributed by atoms with Crippen LogP contribution in [0.3, 0.4) is 0 Å². The minimum Gasteiger partial charge on any atom is -0.480 e. The lowest BCUT2D eigenvalue weighted by Crippen LogP contribution is -2.41. The van der Waals surface area contributed by atoms with Crippen molar-refractivity contribution in [2.45, 2.75) is 25.3 Å². The highest BCUT2D eigenvalue weighted by atomic mass is 16.4. The average Bonchev–Trinajstić information content (AvgIpc) is 2.97. The van der Waals surface area contributed by atoms with Gasteiger partial charge < -0.3 is 25.3 Å². The standard InChI is InChI=1S/C13H18N2O6/c16-7-5-9(13(19)20)15-11(17)4-1-6-14-12(18)10-3-2-8-21-10/h2-3,8-9,16H,1,4-7H2,(H,14,18)(H,15,17)(H,19,20). The lowest BCUT2D eigenvalue weighted by molar-refractivity contribution is -0.142. The quantitative estimate of drug-likeness (QED) is 0.465. The molecule has 2 amide bonds. The molecule has 8 nitrogen and oxygen atoms in total. The SMILES string of the molecule is O=C(CCCNC(=O)c1ccco1)NC(CCO)C(=O)O. The summed E-state index contributed by atoms with van der Waals surface area (Å²) in [6, 6.07) is 2.02. The zero-order chi connectivity index (χ0) is 15.7. The number of aliphatic carboxylic acids is 1. The Labute approximate surface area is 121 Å². The maximum absolute atomic E-state index is 11.5. The highest BCUT2D eigenvalue weighted by Gasteiger charge is 2.18. The maximum atomic E-state index is 11.5. The van der Waals surface area contributed by atoms with Crippen LogP contribution in [-0.2, 0) is 9.59 Å². The Morgan fingerprint density at radius 2 is 2.10 bits per heavy atom. The molecule has 0 saturated carbocycles. The maximum Gasteiger partial charge on any atom is 0.326 e. The van der Waals surface area contributed by atoms with Crippen molar-refractivity contribution >= 4 is 17.8 Å². The molecule has 0 radical (unpaired) electrons. The first kappa shape index (κ1) is 16.7. The largest absolute Gasteiger partial charge is 0.480 e. The molecule has 0 spiro atoms. The summed E-state index contributed by atoms with van der Waals surface area (Å²) < 4.78 is 4.90. The van der Waals surface area contributed by atoms with E-state index in [9.17, 15) is 14.4 Å². The minimum atomic E-state index is -1.19. The van der Waals surface area contributed by atoms with Crippen LogP contribution < -0.4 is 10.6 Å². The molecule has 1 unspecified atom stereocenters. The second-order valence-corrected chi connectivity index (χ2v) is 4.31. The number of amides is 2. The summed E-state index contributed by atoms with van der Waals surface area (Å²) >= 11 is 0. The zero-order valence-corrected chi connectivity index (χ0v) is 11.4. The topological polar surface area (TPSA) is 129 Å². The van der Waals surface area contributed by atoms with E-state index < -0.39 is 17.9 Å². The van der Waals surface area contributed by atoms with E-state index in [1.807, 2.05) is 0 Å². The minimum absolute atomic E-state index is 0.0453. The van der Waals surface area contributed by atoms with Crippen molar-refractivity contribution in [3.05, 3.63) is 24.2 Å². The van der Waals surface area contributed by atoms with Crippen LogP contribution in [0.15, 0.2) is 22.8 Å². The third-order valence-electron chi connectivity index (χ3n) is 2.66. The number of carbonyl (C=O) groups excluding carboxylic acids is 2. The number of aliphatic hydroxyl groups excluding tert-OH is 1. The van der Waals surface area contributed by atoms with Crippen LogP contribution in [-0.4, -0.2) is 47.2 Å². The van der Waals surface area contributed by atoms with Crippen LogP contribution in [0.1, 0.15) is 29.8 Å². The molecule has 4 N–H and O–H groups in total.